The van der Waals surface area contributed by atoms with Gasteiger partial charge in [-0.05, 0) is 35.9 Å². The molecule has 0 spiro atoms. The topological polar surface area (TPSA) is 83.2 Å². The molecule has 6 heteroatoms. The Morgan fingerprint density at radius 3 is 2.52 bits per heavy atom. The lowest BCUT2D eigenvalue weighted by atomic mass is 10.1. The van der Waals surface area contributed by atoms with Crippen molar-refractivity contribution >= 4 is 28.4 Å². The van der Waals surface area contributed by atoms with E-state index in [4.69, 9.17) is 4.74 Å². The van der Waals surface area contributed by atoms with Gasteiger partial charge in [0, 0.05) is 29.7 Å². The highest BCUT2D eigenvalue weighted by Gasteiger charge is 2.10. The first kappa shape index (κ1) is 16.6. The van der Waals surface area contributed by atoms with E-state index in [1.54, 1.807) is 32.4 Å². The van der Waals surface area contributed by atoms with Crippen LogP contribution in [0.1, 0.15) is 16.1 Å². The molecular weight excluding hydrogens is 318 g/mol. The second kappa shape index (κ2) is 7.09. The van der Waals surface area contributed by atoms with Crippen LogP contribution < -0.4 is 15.4 Å². The summed E-state index contributed by atoms with van der Waals surface area (Å²) in [6.07, 6.45) is 0.314. The van der Waals surface area contributed by atoms with Crippen LogP contribution in [0.2, 0.25) is 0 Å². The lowest BCUT2D eigenvalue weighted by molar-refractivity contribution is -0.119. The van der Waals surface area contributed by atoms with Gasteiger partial charge in [-0.1, -0.05) is 12.1 Å². The summed E-state index contributed by atoms with van der Waals surface area (Å²) >= 11 is 0. The van der Waals surface area contributed by atoms with E-state index in [0.29, 0.717) is 17.8 Å². The molecule has 0 aliphatic carbocycles. The van der Waals surface area contributed by atoms with Crippen molar-refractivity contribution in [3.8, 4) is 5.75 Å². The minimum Gasteiger partial charge on any atom is -0.497 e. The summed E-state index contributed by atoms with van der Waals surface area (Å²) in [6, 6.07) is 14.6. The van der Waals surface area contributed by atoms with Crippen molar-refractivity contribution in [3.63, 3.8) is 0 Å². The zero-order chi connectivity index (χ0) is 17.8. The molecule has 0 bridgehead atoms. The van der Waals surface area contributed by atoms with Crippen molar-refractivity contribution in [2.75, 3.05) is 19.5 Å². The number of fused-ring (bicyclic) bond motifs is 1. The van der Waals surface area contributed by atoms with Crippen LogP contribution in [0.4, 0.5) is 5.69 Å². The molecule has 0 saturated carbocycles. The summed E-state index contributed by atoms with van der Waals surface area (Å²) in [4.78, 5) is 26.9. The number of hydrogen-bond acceptors (Lipinski definition) is 3. The molecule has 1 aromatic heterocycles. The number of rotatable bonds is 5. The van der Waals surface area contributed by atoms with Gasteiger partial charge in [-0.25, -0.2) is 0 Å². The van der Waals surface area contributed by atoms with E-state index in [0.717, 1.165) is 22.2 Å². The van der Waals surface area contributed by atoms with Gasteiger partial charge < -0.3 is 20.4 Å². The smallest absolute Gasteiger partial charge is 0.272 e. The zero-order valence-electron chi connectivity index (χ0n) is 14.1. The number of H-pyrrole nitrogens is 1. The van der Waals surface area contributed by atoms with E-state index in [9.17, 15) is 9.59 Å². The van der Waals surface area contributed by atoms with E-state index in [-0.39, 0.29) is 11.8 Å². The predicted octanol–water partition coefficient (Wildman–Crippen LogP) is 2.72. The van der Waals surface area contributed by atoms with Crippen molar-refractivity contribution in [3.05, 3.63) is 59.8 Å². The minimum absolute atomic E-state index is 0.0507. The van der Waals surface area contributed by atoms with E-state index >= 15 is 0 Å². The maximum atomic E-state index is 12.4. The van der Waals surface area contributed by atoms with Crippen molar-refractivity contribution < 1.29 is 14.3 Å². The molecule has 0 aliphatic rings. The Kier molecular flexibility index (Phi) is 4.70. The molecule has 128 valence electrons. The summed E-state index contributed by atoms with van der Waals surface area (Å²) in [6.45, 7) is 0. The lowest BCUT2D eigenvalue weighted by Crippen LogP contribution is -2.19. The number of methoxy groups -OCH3 is 1. The maximum Gasteiger partial charge on any atom is 0.272 e. The van der Waals surface area contributed by atoms with Crippen LogP contribution in [0, 0.1) is 0 Å². The Bertz CT molecular complexity index is 913. The molecule has 0 unspecified atom stereocenters. The molecule has 0 aliphatic heterocycles. The number of carbonyl (C=O) groups excluding carboxylic acids is 2. The molecule has 0 radical (unpaired) electrons. The van der Waals surface area contributed by atoms with Crippen molar-refractivity contribution in [1.29, 1.82) is 0 Å². The normalized spacial score (nSPS) is 10.5. The highest BCUT2D eigenvalue weighted by molar-refractivity contribution is 6.06. The van der Waals surface area contributed by atoms with E-state index < -0.39 is 0 Å². The number of anilines is 1. The molecule has 2 amide bonds. The quantitative estimate of drug-likeness (QED) is 0.669. The monoisotopic (exact) mass is 337 g/mol. The number of carbonyl (C=O) groups is 2. The molecule has 0 fully saturated rings. The molecule has 3 rings (SSSR count). The average molecular weight is 337 g/mol. The van der Waals surface area contributed by atoms with Crippen LogP contribution in [-0.4, -0.2) is 31.0 Å². The third kappa shape index (κ3) is 3.80. The van der Waals surface area contributed by atoms with Crippen LogP contribution >= 0.6 is 0 Å². The largest absolute Gasteiger partial charge is 0.497 e. The fraction of sp³-hybridized carbons (Fsp3) is 0.158. The molecule has 3 N–H and O–H groups in total. The van der Waals surface area contributed by atoms with Crippen LogP contribution in [0.15, 0.2) is 48.5 Å². The number of amides is 2. The Morgan fingerprint density at radius 2 is 1.84 bits per heavy atom. The van der Waals surface area contributed by atoms with Gasteiger partial charge in [0.05, 0.1) is 13.5 Å². The molecule has 6 nitrogen and oxygen atoms in total. The van der Waals surface area contributed by atoms with Gasteiger partial charge in [-0.15, -0.1) is 0 Å². The number of ether oxygens (including phenoxy) is 1. The van der Waals surface area contributed by atoms with E-state index in [2.05, 4.69) is 15.6 Å². The first-order valence-corrected chi connectivity index (χ1v) is 7.86. The second-order valence-corrected chi connectivity index (χ2v) is 5.64. The van der Waals surface area contributed by atoms with Crippen molar-refractivity contribution in [2.45, 2.75) is 6.42 Å². The second-order valence-electron chi connectivity index (χ2n) is 5.64. The highest BCUT2D eigenvalue weighted by Crippen LogP contribution is 2.22. The first-order chi connectivity index (χ1) is 12.1. The van der Waals surface area contributed by atoms with Gasteiger partial charge >= 0.3 is 0 Å². The maximum absolute atomic E-state index is 12.4. The van der Waals surface area contributed by atoms with Crippen LogP contribution in [0.25, 0.3) is 10.9 Å². The molecule has 3 aromatic rings. The summed E-state index contributed by atoms with van der Waals surface area (Å²) in [5.74, 6) is 0.451. The number of benzene rings is 2. The Morgan fingerprint density at radius 1 is 1.08 bits per heavy atom. The van der Waals surface area contributed by atoms with Gasteiger partial charge in [-0.2, -0.15) is 0 Å². The average Bonchev–Trinajstić information content (AvgIpc) is 3.06. The Balaban J connectivity index is 1.72. The molecule has 25 heavy (non-hydrogen) atoms. The molecule has 0 atom stereocenters. The standard InChI is InChI=1S/C19H19N3O3/c1-20-18(23)9-12-3-6-14(7-4-12)21-19(24)17-10-13-5-8-15(25-2)11-16(13)22-17/h3-8,10-11,22H,9H2,1-2H3,(H,20,23)(H,21,24). The number of hydrogen-bond donors (Lipinski definition) is 3. The third-order valence-corrected chi connectivity index (χ3v) is 3.93. The van der Waals surface area contributed by atoms with Gasteiger partial charge in [0.1, 0.15) is 11.4 Å². The van der Waals surface area contributed by atoms with Gasteiger partial charge in [-0.3, -0.25) is 9.59 Å². The molecular formula is C19H19N3O3. The Hall–Kier alpha value is -3.28. The number of aromatic amines is 1. The van der Waals surface area contributed by atoms with Crippen LogP contribution in [-0.2, 0) is 11.2 Å². The first-order valence-electron chi connectivity index (χ1n) is 7.86. The summed E-state index contributed by atoms with van der Waals surface area (Å²) < 4.78 is 5.19. The predicted molar refractivity (Wildman–Crippen MR) is 97.0 cm³/mol. The number of aromatic nitrogens is 1. The van der Waals surface area contributed by atoms with Crippen LogP contribution in [0.3, 0.4) is 0 Å². The van der Waals surface area contributed by atoms with Gasteiger partial charge in [0.2, 0.25) is 5.91 Å². The lowest BCUT2D eigenvalue weighted by Gasteiger charge is -2.05. The number of likely N-dealkylation sites (N-methyl/N-ethyl adjacent to an activating group) is 1. The summed E-state index contributed by atoms with van der Waals surface area (Å²) in [5, 5.41) is 6.36. The zero-order valence-corrected chi connectivity index (χ0v) is 14.1. The van der Waals surface area contributed by atoms with E-state index in [1.165, 1.54) is 0 Å². The van der Waals surface area contributed by atoms with Gasteiger partial charge in [0.25, 0.3) is 5.91 Å². The molecule has 0 saturated heterocycles. The fourth-order valence-corrected chi connectivity index (χ4v) is 2.53. The van der Waals surface area contributed by atoms with Gasteiger partial charge in [0.15, 0.2) is 0 Å². The van der Waals surface area contributed by atoms with Crippen molar-refractivity contribution in [1.82, 2.24) is 10.3 Å². The third-order valence-electron chi connectivity index (χ3n) is 3.93. The van der Waals surface area contributed by atoms with E-state index in [1.807, 2.05) is 30.3 Å². The number of nitrogens with one attached hydrogen (secondary N) is 3. The van der Waals surface area contributed by atoms with Crippen molar-refractivity contribution in [2.24, 2.45) is 0 Å². The molecule has 2 aromatic carbocycles. The van der Waals surface area contributed by atoms with Crippen LogP contribution in [0.5, 0.6) is 5.75 Å². The Labute approximate surface area is 145 Å². The SMILES string of the molecule is CNC(=O)Cc1ccc(NC(=O)c2cc3ccc(OC)cc3[nH]2)cc1. The summed E-state index contributed by atoms with van der Waals surface area (Å²) in [7, 11) is 3.21. The highest BCUT2D eigenvalue weighted by atomic mass is 16.5. The summed E-state index contributed by atoms with van der Waals surface area (Å²) in [5.41, 5.74) is 2.86. The molecule has 1 heterocycles. The fourth-order valence-electron chi connectivity index (χ4n) is 2.53. The minimum atomic E-state index is -0.228.